The van der Waals surface area contributed by atoms with E-state index in [9.17, 15) is 14.7 Å². The zero-order chi connectivity index (χ0) is 15.2. The summed E-state index contributed by atoms with van der Waals surface area (Å²) in [6, 6.07) is 6.72. The Morgan fingerprint density at radius 3 is 2.81 bits per heavy atom. The number of aliphatic carboxylic acids is 1. The molecule has 0 spiro atoms. The molecule has 0 saturated carbocycles. The van der Waals surface area contributed by atoms with E-state index in [1.165, 1.54) is 0 Å². The third kappa shape index (κ3) is 3.82. The number of carboxylic acid groups (broad SMARTS) is 1. The van der Waals surface area contributed by atoms with Crippen molar-refractivity contribution >= 4 is 22.8 Å². The Kier molecular flexibility index (Phi) is 4.94. The first-order valence-corrected chi connectivity index (χ1v) is 6.89. The SMILES string of the molecule is NCCCC(=O)N[C@H](Cc1c[nH]c2ccccc12)C(=O)O. The molecular formula is C15H19N3O3. The number of para-hydroxylation sites is 1. The number of aromatic nitrogens is 1. The topological polar surface area (TPSA) is 108 Å². The maximum atomic E-state index is 11.7. The Bertz CT molecular complexity index is 636. The zero-order valence-corrected chi connectivity index (χ0v) is 11.6. The van der Waals surface area contributed by atoms with E-state index >= 15 is 0 Å². The van der Waals surface area contributed by atoms with Crippen LogP contribution in [-0.4, -0.2) is 34.6 Å². The highest BCUT2D eigenvalue weighted by molar-refractivity contribution is 5.86. The summed E-state index contributed by atoms with van der Waals surface area (Å²) in [5.41, 5.74) is 7.16. The smallest absolute Gasteiger partial charge is 0.326 e. The fraction of sp³-hybridized carbons (Fsp3) is 0.333. The number of nitrogens with two attached hydrogens (primary N) is 1. The van der Waals surface area contributed by atoms with Crippen LogP contribution in [-0.2, 0) is 16.0 Å². The van der Waals surface area contributed by atoms with Gasteiger partial charge in [-0.25, -0.2) is 4.79 Å². The van der Waals surface area contributed by atoms with Crippen LogP contribution in [0, 0.1) is 0 Å². The second-order valence-corrected chi connectivity index (χ2v) is 4.91. The lowest BCUT2D eigenvalue weighted by Crippen LogP contribution is -2.42. The number of carbonyl (C=O) groups excluding carboxylic acids is 1. The van der Waals surface area contributed by atoms with Gasteiger partial charge in [0.1, 0.15) is 6.04 Å². The molecule has 0 aliphatic rings. The largest absolute Gasteiger partial charge is 0.480 e. The van der Waals surface area contributed by atoms with E-state index in [4.69, 9.17) is 5.73 Å². The number of H-pyrrole nitrogens is 1. The van der Waals surface area contributed by atoms with Crippen molar-refractivity contribution in [3.05, 3.63) is 36.0 Å². The van der Waals surface area contributed by atoms with E-state index in [-0.39, 0.29) is 18.7 Å². The minimum atomic E-state index is -1.04. The summed E-state index contributed by atoms with van der Waals surface area (Å²) < 4.78 is 0. The molecular weight excluding hydrogens is 270 g/mol. The van der Waals surface area contributed by atoms with E-state index in [1.807, 2.05) is 24.3 Å². The van der Waals surface area contributed by atoms with E-state index < -0.39 is 12.0 Å². The van der Waals surface area contributed by atoms with Crippen LogP contribution >= 0.6 is 0 Å². The molecule has 112 valence electrons. The predicted octanol–water partition coefficient (Wildman–Crippen LogP) is 1.02. The number of nitrogens with one attached hydrogen (secondary N) is 2. The van der Waals surface area contributed by atoms with Crippen LogP contribution < -0.4 is 11.1 Å². The van der Waals surface area contributed by atoms with Crippen molar-refractivity contribution in [3.63, 3.8) is 0 Å². The average Bonchev–Trinajstić information content (AvgIpc) is 2.87. The van der Waals surface area contributed by atoms with Gasteiger partial charge in [0.05, 0.1) is 0 Å². The molecule has 0 radical (unpaired) electrons. The van der Waals surface area contributed by atoms with Crippen molar-refractivity contribution in [2.45, 2.75) is 25.3 Å². The Hall–Kier alpha value is -2.34. The first kappa shape index (κ1) is 15.1. The highest BCUT2D eigenvalue weighted by atomic mass is 16.4. The quantitative estimate of drug-likeness (QED) is 0.610. The normalized spacial score (nSPS) is 12.2. The van der Waals surface area contributed by atoms with Gasteiger partial charge >= 0.3 is 5.97 Å². The van der Waals surface area contributed by atoms with Gasteiger partial charge in [-0.1, -0.05) is 18.2 Å². The third-order valence-electron chi connectivity index (χ3n) is 3.34. The monoisotopic (exact) mass is 289 g/mol. The summed E-state index contributed by atoms with van der Waals surface area (Å²) in [6.07, 6.45) is 2.82. The highest BCUT2D eigenvalue weighted by Crippen LogP contribution is 2.19. The lowest BCUT2D eigenvalue weighted by Gasteiger charge is -2.14. The lowest BCUT2D eigenvalue weighted by atomic mass is 10.0. The summed E-state index contributed by atoms with van der Waals surface area (Å²) >= 11 is 0. The van der Waals surface area contributed by atoms with Crippen LogP contribution in [0.15, 0.2) is 30.5 Å². The van der Waals surface area contributed by atoms with Crippen molar-refractivity contribution in [1.82, 2.24) is 10.3 Å². The van der Waals surface area contributed by atoms with Crippen LogP contribution in [0.1, 0.15) is 18.4 Å². The van der Waals surface area contributed by atoms with Gasteiger partial charge in [0.15, 0.2) is 0 Å². The van der Waals surface area contributed by atoms with Crippen LogP contribution in [0.25, 0.3) is 10.9 Å². The van der Waals surface area contributed by atoms with Gasteiger partial charge in [0.25, 0.3) is 0 Å². The number of fused-ring (bicyclic) bond motifs is 1. The van der Waals surface area contributed by atoms with Gasteiger partial charge in [0, 0.05) is 29.9 Å². The number of hydrogen-bond donors (Lipinski definition) is 4. The molecule has 0 unspecified atom stereocenters. The maximum absolute atomic E-state index is 11.7. The second-order valence-electron chi connectivity index (χ2n) is 4.91. The molecule has 0 fully saturated rings. The van der Waals surface area contributed by atoms with Crippen molar-refractivity contribution < 1.29 is 14.7 Å². The van der Waals surface area contributed by atoms with E-state index in [2.05, 4.69) is 10.3 Å². The number of aromatic amines is 1. The van der Waals surface area contributed by atoms with Crippen LogP contribution in [0.3, 0.4) is 0 Å². The number of carbonyl (C=O) groups is 2. The minimum absolute atomic E-state index is 0.244. The standard InChI is InChI=1S/C15H19N3O3/c16-7-3-6-14(19)18-13(15(20)21)8-10-9-17-12-5-2-1-4-11(10)12/h1-2,4-5,9,13,17H,3,6-8,16H2,(H,18,19)(H,20,21)/t13-/m1/s1. The second kappa shape index (κ2) is 6.90. The molecule has 0 bridgehead atoms. The van der Waals surface area contributed by atoms with Crippen molar-refractivity contribution in [2.75, 3.05) is 6.54 Å². The highest BCUT2D eigenvalue weighted by Gasteiger charge is 2.21. The summed E-state index contributed by atoms with van der Waals surface area (Å²) in [5.74, 6) is -1.32. The Morgan fingerprint density at radius 1 is 1.33 bits per heavy atom. The molecule has 2 rings (SSSR count). The first-order chi connectivity index (χ1) is 10.1. The van der Waals surface area contributed by atoms with Gasteiger partial charge < -0.3 is 21.1 Å². The summed E-state index contributed by atoms with van der Waals surface area (Å²) in [4.78, 5) is 26.1. The fourth-order valence-electron chi connectivity index (χ4n) is 2.25. The molecule has 2 aromatic rings. The van der Waals surface area contributed by atoms with Gasteiger partial charge in [0.2, 0.25) is 5.91 Å². The molecule has 0 saturated heterocycles. The molecule has 5 N–H and O–H groups in total. The number of hydrogen-bond acceptors (Lipinski definition) is 3. The van der Waals surface area contributed by atoms with Crippen LogP contribution in [0.4, 0.5) is 0 Å². The van der Waals surface area contributed by atoms with Gasteiger partial charge in [-0.05, 0) is 24.6 Å². The number of benzene rings is 1. The van der Waals surface area contributed by atoms with E-state index in [1.54, 1.807) is 6.20 Å². The number of amides is 1. The number of rotatable bonds is 7. The van der Waals surface area contributed by atoms with Gasteiger partial charge in [-0.2, -0.15) is 0 Å². The Morgan fingerprint density at radius 2 is 2.10 bits per heavy atom. The molecule has 1 heterocycles. The molecule has 1 atom stereocenters. The summed E-state index contributed by atoms with van der Waals surface area (Å²) in [5, 5.41) is 12.8. The fourth-order valence-corrected chi connectivity index (χ4v) is 2.25. The van der Waals surface area contributed by atoms with Gasteiger partial charge in [-0.3, -0.25) is 4.79 Å². The molecule has 1 aromatic carbocycles. The third-order valence-corrected chi connectivity index (χ3v) is 3.34. The van der Waals surface area contributed by atoms with Crippen LogP contribution in [0.2, 0.25) is 0 Å². The molecule has 6 heteroatoms. The zero-order valence-electron chi connectivity index (χ0n) is 11.6. The Labute approximate surface area is 122 Å². The molecule has 0 aliphatic carbocycles. The first-order valence-electron chi connectivity index (χ1n) is 6.89. The molecule has 1 aromatic heterocycles. The maximum Gasteiger partial charge on any atom is 0.326 e. The van der Waals surface area contributed by atoms with E-state index in [0.717, 1.165) is 16.5 Å². The molecule has 6 nitrogen and oxygen atoms in total. The van der Waals surface area contributed by atoms with E-state index in [0.29, 0.717) is 13.0 Å². The molecule has 0 aliphatic heterocycles. The van der Waals surface area contributed by atoms with Crippen molar-refractivity contribution in [3.8, 4) is 0 Å². The summed E-state index contributed by atoms with van der Waals surface area (Å²) in [7, 11) is 0. The molecule has 21 heavy (non-hydrogen) atoms. The van der Waals surface area contributed by atoms with Crippen molar-refractivity contribution in [2.24, 2.45) is 5.73 Å². The number of carboxylic acids is 1. The van der Waals surface area contributed by atoms with Crippen LogP contribution in [0.5, 0.6) is 0 Å². The van der Waals surface area contributed by atoms with Crippen molar-refractivity contribution in [1.29, 1.82) is 0 Å². The summed E-state index contributed by atoms with van der Waals surface area (Å²) in [6.45, 7) is 0.410. The molecule has 1 amide bonds. The Balaban J connectivity index is 2.09. The minimum Gasteiger partial charge on any atom is -0.480 e. The average molecular weight is 289 g/mol. The predicted molar refractivity (Wildman–Crippen MR) is 79.9 cm³/mol. The van der Waals surface area contributed by atoms with Gasteiger partial charge in [-0.15, -0.1) is 0 Å². The lowest BCUT2D eigenvalue weighted by molar-refractivity contribution is -0.141.